The van der Waals surface area contributed by atoms with Crippen LogP contribution < -0.4 is 11.1 Å². The van der Waals surface area contributed by atoms with Gasteiger partial charge in [-0.15, -0.1) is 0 Å². The third-order valence-electron chi connectivity index (χ3n) is 3.97. The lowest BCUT2D eigenvalue weighted by atomic mass is 10.1. The summed E-state index contributed by atoms with van der Waals surface area (Å²) in [4.78, 5) is 12.4. The molecule has 0 unspecified atom stereocenters. The molecule has 28 heavy (non-hydrogen) atoms. The molecule has 7 nitrogen and oxygen atoms in total. The first-order chi connectivity index (χ1) is 13.5. The summed E-state index contributed by atoms with van der Waals surface area (Å²) in [5, 5.41) is 2.71. The standard InChI is InChI=1S/C20H27N2O5P/c1-3-26-28(24,27-4-2)19(21)18(17-13-9-6-10-14-17)22-20(23)25-15-16-11-7-5-8-12-16/h5-14,18-19H,3-4,15,21H2,1-2H3,(H,22,23)/t18-,19+/m0/s1. The van der Waals surface area contributed by atoms with Crippen LogP contribution in [0.25, 0.3) is 0 Å². The largest absolute Gasteiger partial charge is 0.445 e. The molecule has 0 heterocycles. The number of amides is 1. The van der Waals surface area contributed by atoms with Crippen molar-refractivity contribution >= 4 is 13.7 Å². The van der Waals surface area contributed by atoms with Gasteiger partial charge >= 0.3 is 13.7 Å². The van der Waals surface area contributed by atoms with Gasteiger partial charge in [0.05, 0.1) is 19.3 Å². The quantitative estimate of drug-likeness (QED) is 0.574. The van der Waals surface area contributed by atoms with Crippen LogP contribution in [0.15, 0.2) is 60.7 Å². The van der Waals surface area contributed by atoms with Crippen molar-refractivity contribution in [2.75, 3.05) is 13.2 Å². The van der Waals surface area contributed by atoms with Crippen molar-refractivity contribution < 1.29 is 23.1 Å². The second kappa shape index (κ2) is 11.0. The number of rotatable bonds is 10. The number of carbonyl (C=O) groups excluding carboxylic acids is 1. The molecule has 0 aliphatic heterocycles. The highest BCUT2D eigenvalue weighted by molar-refractivity contribution is 7.54. The summed E-state index contributed by atoms with van der Waals surface area (Å²) < 4.78 is 29.1. The number of ether oxygens (including phenoxy) is 1. The van der Waals surface area contributed by atoms with Crippen LogP contribution in [-0.4, -0.2) is 25.1 Å². The normalized spacial score (nSPS) is 13.5. The van der Waals surface area contributed by atoms with Crippen LogP contribution >= 0.6 is 7.60 Å². The number of nitrogens with two attached hydrogens (primary N) is 1. The molecule has 0 aromatic heterocycles. The van der Waals surface area contributed by atoms with E-state index in [2.05, 4.69) is 5.32 Å². The van der Waals surface area contributed by atoms with Crippen LogP contribution in [0.3, 0.4) is 0 Å². The van der Waals surface area contributed by atoms with Gasteiger partial charge in [-0.3, -0.25) is 4.57 Å². The van der Waals surface area contributed by atoms with Crippen molar-refractivity contribution in [1.29, 1.82) is 0 Å². The Morgan fingerprint density at radius 3 is 2.07 bits per heavy atom. The van der Waals surface area contributed by atoms with E-state index in [-0.39, 0.29) is 19.8 Å². The van der Waals surface area contributed by atoms with Gasteiger partial charge in [-0.05, 0) is 25.0 Å². The summed E-state index contributed by atoms with van der Waals surface area (Å²) in [7, 11) is -3.66. The summed E-state index contributed by atoms with van der Waals surface area (Å²) in [6.07, 6.45) is -0.673. The van der Waals surface area contributed by atoms with Crippen molar-refractivity contribution in [2.24, 2.45) is 5.73 Å². The highest BCUT2D eigenvalue weighted by Gasteiger charge is 2.40. The van der Waals surface area contributed by atoms with Crippen LogP contribution in [0.1, 0.15) is 31.0 Å². The molecule has 0 bridgehead atoms. The summed E-state index contributed by atoms with van der Waals surface area (Å²) in [6, 6.07) is 17.5. The monoisotopic (exact) mass is 406 g/mol. The van der Waals surface area contributed by atoms with Crippen molar-refractivity contribution in [3.8, 4) is 0 Å². The average molecular weight is 406 g/mol. The SMILES string of the molecule is CCOP(=O)(OCC)[C@@H](N)[C@@H](NC(=O)OCc1ccccc1)c1ccccc1. The molecule has 1 amide bonds. The number of alkyl carbamates (subject to hydrolysis) is 1. The fourth-order valence-corrected chi connectivity index (χ4v) is 4.42. The molecule has 0 fully saturated rings. The zero-order valence-corrected chi connectivity index (χ0v) is 17.0. The summed E-state index contributed by atoms with van der Waals surface area (Å²) in [5.74, 6) is -1.10. The first kappa shape index (κ1) is 22.1. The highest BCUT2D eigenvalue weighted by Crippen LogP contribution is 2.54. The molecule has 0 spiro atoms. The molecular formula is C20H27N2O5P. The van der Waals surface area contributed by atoms with Crippen LogP contribution in [0, 0.1) is 0 Å². The Morgan fingerprint density at radius 2 is 1.54 bits per heavy atom. The van der Waals surface area contributed by atoms with Gasteiger partial charge < -0.3 is 24.8 Å². The molecular weight excluding hydrogens is 379 g/mol. The number of benzene rings is 2. The molecule has 2 aromatic rings. The van der Waals surface area contributed by atoms with Gasteiger partial charge in [-0.1, -0.05) is 60.7 Å². The highest BCUT2D eigenvalue weighted by atomic mass is 31.2. The molecule has 0 radical (unpaired) electrons. The van der Waals surface area contributed by atoms with Crippen molar-refractivity contribution in [1.82, 2.24) is 5.32 Å². The van der Waals surface area contributed by atoms with Gasteiger partial charge in [0.1, 0.15) is 12.4 Å². The Kier molecular flexibility index (Phi) is 8.67. The Bertz CT molecular complexity index is 763. The second-order valence-electron chi connectivity index (χ2n) is 5.96. The van der Waals surface area contributed by atoms with Crippen LogP contribution in [0.2, 0.25) is 0 Å². The van der Waals surface area contributed by atoms with E-state index >= 15 is 0 Å². The molecule has 8 heteroatoms. The molecule has 152 valence electrons. The molecule has 2 rings (SSSR count). The van der Waals surface area contributed by atoms with Crippen LogP contribution in [0.5, 0.6) is 0 Å². The Hall–Kier alpha value is -2.18. The molecule has 0 aliphatic carbocycles. The zero-order chi connectivity index (χ0) is 20.4. The van der Waals surface area contributed by atoms with Gasteiger partial charge in [0.2, 0.25) is 0 Å². The second-order valence-corrected chi connectivity index (χ2v) is 8.15. The first-order valence-corrected chi connectivity index (χ1v) is 10.8. The lowest BCUT2D eigenvalue weighted by Gasteiger charge is -2.30. The van der Waals surface area contributed by atoms with Gasteiger partial charge in [0.15, 0.2) is 0 Å². The van der Waals surface area contributed by atoms with Crippen LogP contribution in [0.4, 0.5) is 4.79 Å². The van der Waals surface area contributed by atoms with E-state index in [0.717, 1.165) is 5.56 Å². The van der Waals surface area contributed by atoms with E-state index in [1.807, 2.05) is 36.4 Å². The van der Waals surface area contributed by atoms with Gasteiger partial charge in [0, 0.05) is 0 Å². The maximum Gasteiger partial charge on any atom is 0.408 e. The lowest BCUT2D eigenvalue weighted by Crippen LogP contribution is -2.41. The maximum absolute atomic E-state index is 13.1. The van der Waals surface area contributed by atoms with E-state index < -0.39 is 25.5 Å². The molecule has 3 N–H and O–H groups in total. The first-order valence-electron chi connectivity index (χ1n) is 9.16. The fourth-order valence-electron chi connectivity index (χ4n) is 2.67. The lowest BCUT2D eigenvalue weighted by molar-refractivity contribution is 0.134. The summed E-state index contributed by atoms with van der Waals surface area (Å²) >= 11 is 0. The number of nitrogens with one attached hydrogen (secondary N) is 1. The predicted molar refractivity (Wildman–Crippen MR) is 108 cm³/mol. The molecule has 0 saturated carbocycles. The Morgan fingerprint density at radius 1 is 1.00 bits per heavy atom. The molecule has 2 aromatic carbocycles. The van der Waals surface area contributed by atoms with Gasteiger partial charge in [0.25, 0.3) is 0 Å². The van der Waals surface area contributed by atoms with E-state index in [1.54, 1.807) is 38.1 Å². The maximum atomic E-state index is 13.1. The topological polar surface area (TPSA) is 99.9 Å². The zero-order valence-electron chi connectivity index (χ0n) is 16.1. The minimum Gasteiger partial charge on any atom is -0.445 e. The van der Waals surface area contributed by atoms with E-state index in [0.29, 0.717) is 5.56 Å². The Labute approximate surface area is 165 Å². The van der Waals surface area contributed by atoms with Crippen molar-refractivity contribution in [3.05, 3.63) is 71.8 Å². The van der Waals surface area contributed by atoms with Gasteiger partial charge in [-0.2, -0.15) is 0 Å². The predicted octanol–water partition coefficient (Wildman–Crippen LogP) is 4.21. The third-order valence-corrected chi connectivity index (χ3v) is 6.23. The van der Waals surface area contributed by atoms with E-state index in [1.165, 1.54) is 0 Å². The van der Waals surface area contributed by atoms with E-state index in [4.69, 9.17) is 19.5 Å². The van der Waals surface area contributed by atoms with E-state index in [9.17, 15) is 9.36 Å². The summed E-state index contributed by atoms with van der Waals surface area (Å²) in [5.41, 5.74) is 7.80. The van der Waals surface area contributed by atoms with Crippen molar-refractivity contribution in [2.45, 2.75) is 32.3 Å². The smallest absolute Gasteiger partial charge is 0.408 e. The fraction of sp³-hybridized carbons (Fsp3) is 0.350. The number of hydrogen-bond acceptors (Lipinski definition) is 6. The molecule has 2 atom stereocenters. The minimum absolute atomic E-state index is 0.109. The van der Waals surface area contributed by atoms with Crippen LogP contribution in [-0.2, 0) is 25.0 Å². The number of carbonyl (C=O) groups is 1. The summed E-state index contributed by atoms with van der Waals surface area (Å²) in [6.45, 7) is 3.86. The molecule has 0 saturated heterocycles. The van der Waals surface area contributed by atoms with Crippen molar-refractivity contribution in [3.63, 3.8) is 0 Å². The number of hydrogen-bond donors (Lipinski definition) is 2. The Balaban J connectivity index is 2.17. The third kappa shape index (κ3) is 6.17. The van der Waals surface area contributed by atoms with Gasteiger partial charge in [-0.25, -0.2) is 4.79 Å². The average Bonchev–Trinajstić information content (AvgIpc) is 2.72. The minimum atomic E-state index is -3.66. The molecule has 0 aliphatic rings.